The van der Waals surface area contributed by atoms with Crippen molar-refractivity contribution in [2.24, 2.45) is 0 Å². The highest BCUT2D eigenvalue weighted by molar-refractivity contribution is 7.27. The van der Waals surface area contributed by atoms with E-state index < -0.39 is 5.41 Å². The van der Waals surface area contributed by atoms with Gasteiger partial charge in [-0.15, -0.1) is 34.0 Å². The third-order valence-corrected chi connectivity index (χ3v) is 21.6. The number of thiophene rings is 3. The Morgan fingerprint density at radius 3 is 1.25 bits per heavy atom. The summed E-state index contributed by atoms with van der Waals surface area (Å²) < 4.78 is 7.33. The van der Waals surface area contributed by atoms with Crippen molar-refractivity contribution < 1.29 is 0 Å². The van der Waals surface area contributed by atoms with E-state index >= 15 is 0 Å². The molecule has 2 aliphatic carbocycles. The van der Waals surface area contributed by atoms with Gasteiger partial charge in [-0.05, 0) is 135 Å². The SMILES string of the molecule is CC1(C)c2ccccc2C2(c3ccccc31)c1cc(N(c3ccc(C#N)cc3)c3cccc4c3sc3ccccc34)c3ccccc3c1-c1c2cc(N(c2ccc(C#N)cc2)c2cccc3c2sc2ccccc23)c2c1sc1ccccc12. The highest BCUT2D eigenvalue weighted by Gasteiger charge is 2.55. The Balaban J connectivity index is 1.07. The summed E-state index contributed by atoms with van der Waals surface area (Å²) >= 11 is 5.56. The highest BCUT2D eigenvalue weighted by Crippen LogP contribution is 2.68. The van der Waals surface area contributed by atoms with E-state index in [1.54, 1.807) is 0 Å². The van der Waals surface area contributed by atoms with Crippen LogP contribution < -0.4 is 9.80 Å². The summed E-state index contributed by atoms with van der Waals surface area (Å²) in [6.45, 7) is 4.80. The quantitative estimate of drug-likeness (QED) is 0.166. The lowest BCUT2D eigenvalue weighted by Crippen LogP contribution is -2.40. The van der Waals surface area contributed by atoms with Gasteiger partial charge in [0, 0.05) is 78.9 Å². The molecule has 17 rings (SSSR count). The third kappa shape index (κ3) is 6.59. The molecule has 0 unspecified atom stereocenters. The van der Waals surface area contributed by atoms with Crippen molar-refractivity contribution >= 4 is 139 Å². The van der Waals surface area contributed by atoms with Crippen LogP contribution in [0.5, 0.6) is 0 Å². The fraction of sp³-hybridized carbons (Fsp3) is 0.0526. The summed E-state index contributed by atoms with van der Waals surface area (Å²) in [4.78, 5) is 4.98. The molecule has 0 N–H and O–H groups in total. The minimum Gasteiger partial charge on any atom is -0.308 e. The number of hydrogen-bond acceptors (Lipinski definition) is 7. The molecule has 0 aliphatic heterocycles. The first-order valence-electron chi connectivity index (χ1n) is 28.0. The summed E-state index contributed by atoms with van der Waals surface area (Å²) in [7, 11) is 0. The van der Waals surface area contributed by atoms with Crippen LogP contribution in [0, 0.1) is 22.7 Å². The summed E-state index contributed by atoms with van der Waals surface area (Å²) in [5, 5.41) is 30.1. The Bertz CT molecular complexity index is 5310. The molecule has 0 fully saturated rings. The normalized spacial score (nSPS) is 13.6. The second kappa shape index (κ2) is 17.8. The molecule has 0 radical (unpaired) electrons. The summed E-state index contributed by atoms with van der Waals surface area (Å²) in [5.74, 6) is 0. The number of anilines is 6. The highest BCUT2D eigenvalue weighted by atomic mass is 32.1. The molecular weight excluding hydrogens is 1070 g/mol. The molecule has 0 atom stereocenters. The van der Waals surface area contributed by atoms with E-state index in [4.69, 9.17) is 0 Å². The topological polar surface area (TPSA) is 54.1 Å². The first-order valence-corrected chi connectivity index (χ1v) is 30.5. The maximum Gasteiger partial charge on any atom is 0.0991 e. The first-order chi connectivity index (χ1) is 40.8. The van der Waals surface area contributed by atoms with Gasteiger partial charge >= 0.3 is 0 Å². The standard InChI is InChI=1S/C76H46N4S3/c1-75(2)56-24-8-10-26-58(56)76(59-27-11-9-25-57(59)75)60-41-64(79(47-37-33-45(43-77)34-38-47)62-28-15-22-53-50-18-5-12-30-66(50)81-72(53)62)49-17-3-4-20-52(49)69(60)71-61(76)42-65(70-55-21-7-14-32-68(55)83-74(70)71)80(48-39-35-46(44-78)36-40-48)63-29-16-23-54-51-19-6-13-31-67(51)82-73(54)63/h3-42H,1-2H3. The number of nitrogens with zero attached hydrogens (tertiary/aromatic N) is 4. The Hall–Kier alpha value is -9.86. The van der Waals surface area contributed by atoms with Gasteiger partial charge in [-0.25, -0.2) is 0 Å². The van der Waals surface area contributed by atoms with Gasteiger partial charge in [-0.1, -0.05) is 166 Å². The molecule has 1 spiro atoms. The summed E-state index contributed by atoms with van der Waals surface area (Å²) in [5.41, 5.74) is 16.4. The molecule has 0 amide bonds. The lowest BCUT2D eigenvalue weighted by atomic mass is 9.55. The molecular formula is C76H46N4S3. The Morgan fingerprint density at radius 2 is 0.723 bits per heavy atom. The van der Waals surface area contributed by atoms with Crippen molar-refractivity contribution in [2.75, 3.05) is 9.80 Å². The summed E-state index contributed by atoms with van der Waals surface area (Å²) in [6, 6.07) is 93.9. The van der Waals surface area contributed by atoms with E-state index in [-0.39, 0.29) is 5.41 Å². The second-order valence-corrected chi connectivity index (χ2v) is 25.6. The third-order valence-electron chi connectivity index (χ3n) is 18.0. The Labute approximate surface area is 491 Å². The molecule has 388 valence electrons. The van der Waals surface area contributed by atoms with E-state index in [1.165, 1.54) is 110 Å². The summed E-state index contributed by atoms with van der Waals surface area (Å²) in [6.07, 6.45) is 0. The lowest BCUT2D eigenvalue weighted by molar-refractivity contribution is 0.563. The first kappa shape index (κ1) is 47.9. The van der Waals surface area contributed by atoms with Crippen LogP contribution in [0.1, 0.15) is 58.4 Å². The fourth-order valence-electron chi connectivity index (χ4n) is 14.4. The molecule has 83 heavy (non-hydrogen) atoms. The number of benzene rings is 12. The zero-order chi connectivity index (χ0) is 55.3. The molecule has 0 saturated heterocycles. The van der Waals surface area contributed by atoms with Crippen molar-refractivity contribution in [1.82, 2.24) is 0 Å². The van der Waals surface area contributed by atoms with Crippen molar-refractivity contribution in [3.8, 4) is 23.3 Å². The van der Waals surface area contributed by atoms with Crippen LogP contribution in [-0.4, -0.2) is 0 Å². The average Bonchev–Trinajstić information content (AvgIpc) is 2.07. The maximum atomic E-state index is 10.3. The molecule has 4 nitrogen and oxygen atoms in total. The predicted octanol–water partition coefficient (Wildman–Crippen LogP) is 21.6. The maximum absolute atomic E-state index is 10.3. The molecule has 3 heterocycles. The Kier molecular flexibility index (Phi) is 10.3. The van der Waals surface area contributed by atoms with Crippen LogP contribution in [0.2, 0.25) is 0 Å². The zero-order valence-corrected chi connectivity index (χ0v) is 47.6. The number of rotatable bonds is 6. The van der Waals surface area contributed by atoms with Gasteiger partial charge in [0.25, 0.3) is 0 Å². The monoisotopic (exact) mass is 1110 g/mol. The van der Waals surface area contributed by atoms with E-state index in [0.717, 1.165) is 39.5 Å². The molecule has 0 bridgehead atoms. The van der Waals surface area contributed by atoms with E-state index in [1.807, 2.05) is 58.3 Å². The number of nitriles is 2. The molecule has 15 aromatic rings. The molecule has 2 aliphatic rings. The van der Waals surface area contributed by atoms with Crippen LogP contribution in [0.4, 0.5) is 34.1 Å². The van der Waals surface area contributed by atoms with Crippen LogP contribution >= 0.6 is 34.0 Å². The minimum atomic E-state index is -0.842. The molecule has 3 aromatic heterocycles. The number of hydrogen-bond donors (Lipinski definition) is 0. The van der Waals surface area contributed by atoms with Crippen LogP contribution in [0.25, 0.3) is 82.4 Å². The zero-order valence-electron chi connectivity index (χ0n) is 45.1. The van der Waals surface area contributed by atoms with E-state index in [0.29, 0.717) is 11.1 Å². The van der Waals surface area contributed by atoms with E-state index in [9.17, 15) is 10.5 Å². The fourth-order valence-corrected chi connectivity index (χ4v) is 18.1. The van der Waals surface area contributed by atoms with Crippen LogP contribution in [-0.2, 0) is 10.8 Å². The predicted molar refractivity (Wildman–Crippen MR) is 351 cm³/mol. The molecule has 7 heteroatoms. The largest absolute Gasteiger partial charge is 0.308 e. The smallest absolute Gasteiger partial charge is 0.0991 e. The van der Waals surface area contributed by atoms with Gasteiger partial charge in [0.15, 0.2) is 0 Å². The van der Waals surface area contributed by atoms with Gasteiger partial charge in [0.2, 0.25) is 0 Å². The van der Waals surface area contributed by atoms with Crippen LogP contribution in [0.3, 0.4) is 0 Å². The van der Waals surface area contributed by atoms with Crippen molar-refractivity contribution in [3.63, 3.8) is 0 Å². The van der Waals surface area contributed by atoms with E-state index in [2.05, 4.69) is 254 Å². The number of fused-ring (bicyclic) bond motifs is 21. The van der Waals surface area contributed by atoms with Gasteiger partial charge < -0.3 is 9.80 Å². The van der Waals surface area contributed by atoms with Crippen LogP contribution in [0.15, 0.2) is 243 Å². The minimum absolute atomic E-state index is 0.345. The van der Waals surface area contributed by atoms with Gasteiger partial charge in [-0.2, -0.15) is 10.5 Å². The van der Waals surface area contributed by atoms with Crippen molar-refractivity contribution in [2.45, 2.75) is 24.7 Å². The van der Waals surface area contributed by atoms with Gasteiger partial charge in [-0.3, -0.25) is 0 Å². The average molecular weight is 1110 g/mol. The van der Waals surface area contributed by atoms with Crippen molar-refractivity contribution in [1.29, 1.82) is 10.5 Å². The molecule has 12 aromatic carbocycles. The second-order valence-electron chi connectivity index (χ2n) is 22.4. The molecule has 0 saturated carbocycles. The van der Waals surface area contributed by atoms with Crippen molar-refractivity contribution in [3.05, 3.63) is 287 Å². The Morgan fingerprint density at radius 1 is 0.325 bits per heavy atom. The van der Waals surface area contributed by atoms with Gasteiger partial charge in [0.05, 0.1) is 60.8 Å². The lowest BCUT2D eigenvalue weighted by Gasteiger charge is -2.47. The van der Waals surface area contributed by atoms with Gasteiger partial charge in [0.1, 0.15) is 0 Å².